The van der Waals surface area contributed by atoms with Crippen molar-refractivity contribution < 1.29 is 4.79 Å². The Bertz CT molecular complexity index is 622. The van der Waals surface area contributed by atoms with Crippen LogP contribution in [0, 0.1) is 12.3 Å². The third kappa shape index (κ3) is 3.01. The maximum absolute atomic E-state index is 11.8. The summed E-state index contributed by atoms with van der Waals surface area (Å²) in [6, 6.07) is 7.92. The van der Waals surface area contributed by atoms with Crippen LogP contribution in [0.4, 0.5) is 0 Å². The van der Waals surface area contributed by atoms with Gasteiger partial charge in [0.15, 0.2) is 5.78 Å². The van der Waals surface area contributed by atoms with Gasteiger partial charge in [0.25, 0.3) is 0 Å². The Morgan fingerprint density at radius 1 is 1.47 bits per heavy atom. The van der Waals surface area contributed by atoms with E-state index in [1.807, 2.05) is 24.3 Å². The van der Waals surface area contributed by atoms with Crippen molar-refractivity contribution in [1.29, 1.82) is 0 Å². The molecule has 1 heterocycles. The number of ketones is 1. The van der Waals surface area contributed by atoms with Crippen LogP contribution >= 0.6 is 0 Å². The molecule has 0 atom stereocenters. The highest BCUT2D eigenvalue weighted by Gasteiger charge is 2.12. The molecule has 0 aliphatic heterocycles. The number of para-hydroxylation sites is 2. The molecule has 0 aliphatic rings. The van der Waals surface area contributed by atoms with Crippen molar-refractivity contribution in [3.63, 3.8) is 0 Å². The van der Waals surface area contributed by atoms with Gasteiger partial charge in [-0.15, -0.1) is 6.42 Å². The molecule has 0 spiro atoms. The van der Waals surface area contributed by atoms with Crippen LogP contribution in [0.5, 0.6) is 0 Å². The Morgan fingerprint density at radius 3 is 3.00 bits per heavy atom. The van der Waals surface area contributed by atoms with Crippen LogP contribution in [-0.4, -0.2) is 28.4 Å². The van der Waals surface area contributed by atoms with Crippen molar-refractivity contribution >= 4 is 16.8 Å². The second kappa shape index (κ2) is 6.17. The molecule has 1 aromatic heterocycles. The first-order valence-corrected chi connectivity index (χ1v) is 6.36. The van der Waals surface area contributed by atoms with Gasteiger partial charge in [0.1, 0.15) is 5.82 Å². The summed E-state index contributed by atoms with van der Waals surface area (Å²) in [6.07, 6.45) is 5.46. The minimum absolute atomic E-state index is 0.0975. The SMILES string of the molecule is C#CCNCC(=O)Cc1nc2ccccc2n1CC. The maximum Gasteiger partial charge on any atom is 0.154 e. The van der Waals surface area contributed by atoms with Crippen LogP contribution in [0.1, 0.15) is 12.7 Å². The number of nitrogens with one attached hydrogen (secondary N) is 1. The van der Waals surface area contributed by atoms with E-state index in [-0.39, 0.29) is 12.3 Å². The molecular weight excluding hydrogens is 238 g/mol. The van der Waals surface area contributed by atoms with E-state index in [0.29, 0.717) is 13.0 Å². The van der Waals surface area contributed by atoms with Crippen molar-refractivity contribution in [2.45, 2.75) is 19.9 Å². The van der Waals surface area contributed by atoms with Crippen LogP contribution in [0.2, 0.25) is 0 Å². The Morgan fingerprint density at radius 2 is 2.26 bits per heavy atom. The predicted molar refractivity (Wildman–Crippen MR) is 75.8 cm³/mol. The number of fused-ring (bicyclic) bond motifs is 1. The Balaban J connectivity index is 2.16. The van der Waals surface area contributed by atoms with E-state index in [4.69, 9.17) is 6.42 Å². The fourth-order valence-electron chi connectivity index (χ4n) is 2.13. The van der Waals surface area contributed by atoms with Crippen molar-refractivity contribution in [1.82, 2.24) is 14.9 Å². The maximum atomic E-state index is 11.8. The molecule has 0 amide bonds. The van der Waals surface area contributed by atoms with E-state index in [0.717, 1.165) is 23.4 Å². The lowest BCUT2D eigenvalue weighted by Gasteiger charge is -2.05. The number of aromatic nitrogens is 2. The summed E-state index contributed by atoms with van der Waals surface area (Å²) < 4.78 is 2.08. The molecule has 2 rings (SSSR count). The van der Waals surface area contributed by atoms with Gasteiger partial charge in [0, 0.05) is 6.54 Å². The lowest BCUT2D eigenvalue weighted by Crippen LogP contribution is -2.25. The summed E-state index contributed by atoms with van der Waals surface area (Å²) in [5.74, 6) is 3.36. The molecule has 0 radical (unpaired) electrons. The summed E-state index contributed by atoms with van der Waals surface area (Å²) in [7, 11) is 0. The van der Waals surface area contributed by atoms with E-state index >= 15 is 0 Å². The van der Waals surface area contributed by atoms with Gasteiger partial charge in [-0.25, -0.2) is 4.98 Å². The number of hydrogen-bond donors (Lipinski definition) is 1. The lowest BCUT2D eigenvalue weighted by atomic mass is 10.2. The largest absolute Gasteiger partial charge is 0.328 e. The molecule has 0 aliphatic carbocycles. The van der Waals surface area contributed by atoms with Gasteiger partial charge in [-0.1, -0.05) is 18.1 Å². The number of rotatable bonds is 6. The second-order valence-corrected chi connectivity index (χ2v) is 4.28. The molecule has 0 unspecified atom stereocenters. The number of hydrogen-bond acceptors (Lipinski definition) is 3. The fraction of sp³-hybridized carbons (Fsp3) is 0.333. The Labute approximate surface area is 112 Å². The van der Waals surface area contributed by atoms with E-state index in [1.54, 1.807) is 0 Å². The van der Waals surface area contributed by atoms with Crippen LogP contribution in [0.3, 0.4) is 0 Å². The fourth-order valence-corrected chi connectivity index (χ4v) is 2.13. The zero-order valence-corrected chi connectivity index (χ0v) is 11.0. The zero-order valence-electron chi connectivity index (χ0n) is 11.0. The van der Waals surface area contributed by atoms with Gasteiger partial charge in [0.2, 0.25) is 0 Å². The molecule has 4 nitrogen and oxygen atoms in total. The topological polar surface area (TPSA) is 46.9 Å². The van der Waals surface area contributed by atoms with Gasteiger partial charge in [-0.2, -0.15) is 0 Å². The number of carbonyl (C=O) groups excluding carboxylic acids is 1. The highest BCUT2D eigenvalue weighted by atomic mass is 16.1. The van der Waals surface area contributed by atoms with Crippen LogP contribution in [-0.2, 0) is 17.8 Å². The molecular formula is C15H17N3O. The minimum atomic E-state index is 0.0975. The van der Waals surface area contributed by atoms with Crippen LogP contribution in [0.15, 0.2) is 24.3 Å². The highest BCUT2D eigenvalue weighted by molar-refractivity contribution is 5.84. The first kappa shape index (κ1) is 13.3. The Kier molecular flexibility index (Phi) is 4.32. The van der Waals surface area contributed by atoms with Crippen molar-refractivity contribution in [3.05, 3.63) is 30.1 Å². The Hall–Kier alpha value is -2.12. The third-order valence-corrected chi connectivity index (χ3v) is 2.95. The average Bonchev–Trinajstić information content (AvgIpc) is 2.76. The number of nitrogens with zero attached hydrogens (tertiary/aromatic N) is 2. The summed E-state index contributed by atoms with van der Waals surface area (Å²) in [6.45, 7) is 3.56. The number of carbonyl (C=O) groups is 1. The van der Waals surface area contributed by atoms with Gasteiger partial charge in [0.05, 0.1) is 30.5 Å². The molecule has 0 saturated carbocycles. The van der Waals surface area contributed by atoms with Crippen molar-refractivity contribution in [2.24, 2.45) is 0 Å². The third-order valence-electron chi connectivity index (χ3n) is 2.95. The summed E-state index contributed by atoms with van der Waals surface area (Å²) in [5.41, 5.74) is 2.01. The average molecular weight is 255 g/mol. The standard InChI is InChI=1S/C15H17N3O/c1-3-9-16-11-12(19)10-15-17-13-7-5-6-8-14(13)18(15)4-2/h1,5-8,16H,4,9-11H2,2H3. The quantitative estimate of drug-likeness (QED) is 0.627. The van der Waals surface area contributed by atoms with E-state index in [9.17, 15) is 4.79 Å². The number of benzene rings is 1. The smallest absolute Gasteiger partial charge is 0.154 e. The highest BCUT2D eigenvalue weighted by Crippen LogP contribution is 2.16. The second-order valence-electron chi connectivity index (χ2n) is 4.28. The monoisotopic (exact) mass is 255 g/mol. The van der Waals surface area contributed by atoms with Crippen molar-refractivity contribution in [2.75, 3.05) is 13.1 Å². The predicted octanol–water partition coefficient (Wildman–Crippen LogP) is 1.39. The van der Waals surface area contributed by atoms with Gasteiger partial charge in [-0.3, -0.25) is 10.1 Å². The molecule has 1 N–H and O–H groups in total. The van der Waals surface area contributed by atoms with Gasteiger partial charge >= 0.3 is 0 Å². The minimum Gasteiger partial charge on any atom is -0.328 e. The summed E-state index contributed by atoms with van der Waals surface area (Å²) in [4.78, 5) is 16.4. The molecule has 19 heavy (non-hydrogen) atoms. The molecule has 0 fully saturated rings. The number of aryl methyl sites for hydroxylation is 1. The zero-order chi connectivity index (χ0) is 13.7. The van der Waals surface area contributed by atoms with Crippen LogP contribution < -0.4 is 5.32 Å². The van der Waals surface area contributed by atoms with Gasteiger partial charge < -0.3 is 4.57 Å². The van der Waals surface area contributed by atoms with Crippen molar-refractivity contribution in [3.8, 4) is 12.3 Å². The summed E-state index contributed by atoms with van der Waals surface area (Å²) in [5, 5.41) is 2.90. The summed E-state index contributed by atoms with van der Waals surface area (Å²) >= 11 is 0. The number of imidazole rings is 1. The van der Waals surface area contributed by atoms with Gasteiger partial charge in [-0.05, 0) is 19.1 Å². The first-order valence-electron chi connectivity index (χ1n) is 6.36. The molecule has 2 aromatic rings. The van der Waals surface area contributed by atoms with E-state index in [1.165, 1.54) is 0 Å². The number of Topliss-reactive ketones (excluding diaryl/α,β-unsaturated/α-hetero) is 1. The molecule has 98 valence electrons. The van der Waals surface area contributed by atoms with Crippen LogP contribution in [0.25, 0.3) is 11.0 Å². The molecule has 4 heteroatoms. The normalized spacial score (nSPS) is 10.5. The first-order chi connectivity index (χ1) is 9.26. The molecule has 0 bridgehead atoms. The molecule has 0 saturated heterocycles. The van der Waals surface area contributed by atoms with E-state index in [2.05, 4.69) is 27.7 Å². The molecule has 1 aromatic carbocycles. The van der Waals surface area contributed by atoms with E-state index < -0.39 is 0 Å². The lowest BCUT2D eigenvalue weighted by molar-refractivity contribution is -0.117. The number of terminal acetylenes is 1.